The van der Waals surface area contributed by atoms with Crippen LogP contribution in [0.25, 0.3) is 11.2 Å². The molecule has 4 rings (SSSR count). The van der Waals surface area contributed by atoms with Crippen LogP contribution in [0.5, 0.6) is 0 Å². The van der Waals surface area contributed by atoms with Gasteiger partial charge in [-0.3, -0.25) is 9.78 Å². The van der Waals surface area contributed by atoms with Crippen LogP contribution >= 0.6 is 0 Å². The van der Waals surface area contributed by atoms with Crippen LogP contribution in [0.3, 0.4) is 0 Å². The van der Waals surface area contributed by atoms with Gasteiger partial charge in [-0.05, 0) is 42.9 Å². The van der Waals surface area contributed by atoms with Gasteiger partial charge in [-0.25, -0.2) is 9.78 Å². The first-order chi connectivity index (χ1) is 12.7. The largest absolute Gasteiger partial charge is 0.335 e. The van der Waals surface area contributed by atoms with Crippen LogP contribution in [0.2, 0.25) is 0 Å². The van der Waals surface area contributed by atoms with Crippen LogP contribution < -0.4 is 5.69 Å². The van der Waals surface area contributed by atoms with Gasteiger partial charge < -0.3 is 9.88 Å². The number of carbonyl (C=O) groups is 1. The maximum absolute atomic E-state index is 13.2. The van der Waals surface area contributed by atoms with Gasteiger partial charge >= 0.3 is 5.69 Å². The minimum absolute atomic E-state index is 0.0207. The number of aryl methyl sites for hydroxylation is 1. The average Bonchev–Trinajstić information content (AvgIpc) is 3.04. The Balaban J connectivity index is 1.62. The Hall–Kier alpha value is -2.89. The first-order valence-corrected chi connectivity index (χ1v) is 9.11. The zero-order valence-corrected chi connectivity index (χ0v) is 14.8. The highest BCUT2D eigenvalue weighted by Crippen LogP contribution is 2.26. The van der Waals surface area contributed by atoms with Crippen molar-refractivity contribution in [2.24, 2.45) is 0 Å². The van der Waals surface area contributed by atoms with Gasteiger partial charge in [0.1, 0.15) is 0 Å². The third-order valence-electron chi connectivity index (χ3n) is 5.10. The monoisotopic (exact) mass is 350 g/mol. The van der Waals surface area contributed by atoms with E-state index in [-0.39, 0.29) is 17.6 Å². The lowest BCUT2D eigenvalue weighted by atomic mass is 9.87. The number of rotatable bonds is 4. The lowest BCUT2D eigenvalue weighted by Crippen LogP contribution is -2.44. The van der Waals surface area contributed by atoms with E-state index in [2.05, 4.69) is 46.1 Å². The molecule has 3 aromatic rings. The quantitative estimate of drug-likeness (QED) is 0.759. The number of imidazole rings is 1. The smallest absolute Gasteiger partial charge is 0.325 e. The molecule has 1 aromatic carbocycles. The molecule has 26 heavy (non-hydrogen) atoms. The van der Waals surface area contributed by atoms with Gasteiger partial charge in [0.05, 0.1) is 11.1 Å². The van der Waals surface area contributed by atoms with E-state index in [1.54, 1.807) is 12.3 Å². The summed E-state index contributed by atoms with van der Waals surface area (Å²) >= 11 is 0. The van der Waals surface area contributed by atoms with E-state index in [0.29, 0.717) is 23.3 Å². The van der Waals surface area contributed by atoms with Crippen molar-refractivity contribution >= 4 is 17.1 Å². The number of fused-ring (bicyclic) bond motifs is 2. The van der Waals surface area contributed by atoms with Gasteiger partial charge in [-0.15, -0.1) is 0 Å². The Kier molecular flexibility index (Phi) is 4.32. The molecule has 2 N–H and O–H groups in total. The molecule has 0 saturated carbocycles. The number of hydrogen-bond acceptors (Lipinski definition) is 3. The highest BCUT2D eigenvalue weighted by molar-refractivity contribution is 5.96. The van der Waals surface area contributed by atoms with Crippen molar-refractivity contribution in [3.05, 3.63) is 63.7 Å². The number of nitrogens with zero attached hydrogens (tertiary/aromatic N) is 2. The number of aromatic nitrogens is 3. The van der Waals surface area contributed by atoms with Gasteiger partial charge in [0, 0.05) is 18.8 Å². The summed E-state index contributed by atoms with van der Waals surface area (Å²) < 4.78 is 0. The summed E-state index contributed by atoms with van der Waals surface area (Å²) in [6.07, 6.45) is 5.31. The zero-order chi connectivity index (χ0) is 18.1. The molecule has 1 aliphatic carbocycles. The Morgan fingerprint density at radius 2 is 2.08 bits per heavy atom. The first-order valence-electron chi connectivity index (χ1n) is 9.11. The van der Waals surface area contributed by atoms with Crippen molar-refractivity contribution < 1.29 is 4.79 Å². The first kappa shape index (κ1) is 16.6. The highest BCUT2D eigenvalue weighted by Gasteiger charge is 2.28. The number of pyridine rings is 1. The second-order valence-electron chi connectivity index (χ2n) is 6.86. The summed E-state index contributed by atoms with van der Waals surface area (Å²) in [4.78, 5) is 36.1. The van der Waals surface area contributed by atoms with Crippen molar-refractivity contribution in [3.8, 4) is 0 Å². The molecule has 0 spiro atoms. The molecule has 6 nitrogen and oxygen atoms in total. The van der Waals surface area contributed by atoms with E-state index in [4.69, 9.17) is 0 Å². The molecule has 6 heteroatoms. The molecular weight excluding hydrogens is 328 g/mol. The van der Waals surface area contributed by atoms with Crippen LogP contribution in [0, 0.1) is 0 Å². The van der Waals surface area contributed by atoms with E-state index < -0.39 is 0 Å². The Morgan fingerprint density at radius 1 is 1.27 bits per heavy atom. The van der Waals surface area contributed by atoms with E-state index >= 15 is 0 Å². The second-order valence-corrected chi connectivity index (χ2v) is 6.86. The number of aromatic amines is 2. The van der Waals surface area contributed by atoms with Gasteiger partial charge in [0.15, 0.2) is 5.65 Å². The van der Waals surface area contributed by atoms with Crippen LogP contribution in [0.4, 0.5) is 0 Å². The summed E-state index contributed by atoms with van der Waals surface area (Å²) in [5.41, 5.74) is 3.96. The summed E-state index contributed by atoms with van der Waals surface area (Å²) in [6.45, 7) is 2.80. The summed E-state index contributed by atoms with van der Waals surface area (Å²) in [5.74, 6) is -0.0207. The lowest BCUT2D eigenvalue weighted by molar-refractivity contribution is 0.0661. The normalized spacial score (nSPS) is 16.4. The van der Waals surface area contributed by atoms with E-state index in [0.717, 1.165) is 25.7 Å². The molecule has 1 atom stereocenters. The van der Waals surface area contributed by atoms with E-state index in [9.17, 15) is 9.59 Å². The molecular formula is C20H22N4O2. The Labute approximate surface area is 151 Å². The van der Waals surface area contributed by atoms with Crippen molar-refractivity contribution in [1.82, 2.24) is 19.9 Å². The van der Waals surface area contributed by atoms with E-state index in [1.165, 1.54) is 11.1 Å². The Bertz CT molecular complexity index is 1000. The van der Waals surface area contributed by atoms with Crippen molar-refractivity contribution in [1.29, 1.82) is 0 Å². The minimum Gasteiger partial charge on any atom is -0.335 e. The maximum Gasteiger partial charge on any atom is 0.325 e. The predicted molar refractivity (Wildman–Crippen MR) is 100 cm³/mol. The van der Waals surface area contributed by atoms with Gasteiger partial charge in [0.25, 0.3) is 5.91 Å². The third kappa shape index (κ3) is 3.03. The minimum atomic E-state index is -0.314. The summed E-state index contributed by atoms with van der Waals surface area (Å²) in [5, 5.41) is 0. The SMILES string of the molecule is CCCN(C(=O)c1cnc2[nH]c(=O)[nH]c2c1)C1CCc2ccccc2C1. The maximum atomic E-state index is 13.2. The molecule has 0 radical (unpaired) electrons. The van der Waals surface area contributed by atoms with Crippen LogP contribution in [0.15, 0.2) is 41.3 Å². The number of hydrogen-bond donors (Lipinski definition) is 2. The lowest BCUT2D eigenvalue weighted by Gasteiger charge is -2.35. The van der Waals surface area contributed by atoms with Crippen molar-refractivity contribution in [2.75, 3.05) is 6.54 Å². The van der Waals surface area contributed by atoms with E-state index in [1.807, 2.05) is 4.90 Å². The topological polar surface area (TPSA) is 81.8 Å². The van der Waals surface area contributed by atoms with Gasteiger partial charge in [-0.1, -0.05) is 31.2 Å². The third-order valence-corrected chi connectivity index (χ3v) is 5.10. The molecule has 1 unspecified atom stereocenters. The number of amides is 1. The van der Waals surface area contributed by atoms with Crippen LogP contribution in [0.1, 0.15) is 41.3 Å². The fraction of sp³-hybridized carbons (Fsp3) is 0.350. The fourth-order valence-electron chi connectivity index (χ4n) is 3.84. The molecule has 1 aliphatic rings. The van der Waals surface area contributed by atoms with Crippen LogP contribution in [-0.4, -0.2) is 38.3 Å². The molecule has 2 aromatic heterocycles. The number of H-pyrrole nitrogens is 2. The molecule has 0 fully saturated rings. The van der Waals surface area contributed by atoms with Crippen LogP contribution in [-0.2, 0) is 12.8 Å². The zero-order valence-electron chi connectivity index (χ0n) is 14.8. The molecule has 0 bridgehead atoms. The second kappa shape index (κ2) is 6.78. The molecule has 0 saturated heterocycles. The van der Waals surface area contributed by atoms with Gasteiger partial charge in [-0.2, -0.15) is 0 Å². The standard InChI is InChI=1S/C20H22N4O2/c1-2-9-24(16-8-7-13-5-3-4-6-14(13)10-16)19(25)15-11-17-18(21-12-15)23-20(26)22-17/h3-6,11-12,16H,2,7-10H2,1H3,(H2,21,22,23,26). The molecule has 134 valence electrons. The number of nitrogens with one attached hydrogen (secondary N) is 2. The van der Waals surface area contributed by atoms with Crippen molar-refractivity contribution in [3.63, 3.8) is 0 Å². The molecule has 0 aliphatic heterocycles. The summed E-state index contributed by atoms with van der Waals surface area (Å²) in [7, 11) is 0. The summed E-state index contributed by atoms with van der Waals surface area (Å²) in [6, 6.07) is 10.4. The molecule has 1 amide bonds. The predicted octanol–water partition coefficient (Wildman–Crippen LogP) is 2.66. The highest BCUT2D eigenvalue weighted by atomic mass is 16.2. The fourth-order valence-corrected chi connectivity index (χ4v) is 3.84. The molecule has 2 heterocycles. The average molecular weight is 350 g/mol. The van der Waals surface area contributed by atoms with Crippen molar-refractivity contribution in [2.45, 2.75) is 38.6 Å². The number of carbonyl (C=O) groups excluding carboxylic acids is 1. The van der Waals surface area contributed by atoms with Gasteiger partial charge in [0.2, 0.25) is 0 Å². The number of benzene rings is 1. The Morgan fingerprint density at radius 3 is 2.88 bits per heavy atom.